The Bertz CT molecular complexity index is 311. The molecule has 0 aliphatic carbocycles. The number of carbonyl (C=O) groups excluding carboxylic acids is 1. The molecule has 1 aromatic heterocycles. The molecule has 0 aromatic carbocycles. The van der Waals surface area contributed by atoms with Gasteiger partial charge in [-0.05, 0) is 6.07 Å². The van der Waals surface area contributed by atoms with Gasteiger partial charge >= 0.3 is 6.18 Å². The van der Waals surface area contributed by atoms with E-state index in [0.717, 1.165) is 12.3 Å². The predicted molar refractivity (Wildman–Crippen MR) is 36.8 cm³/mol. The second-order valence-corrected chi connectivity index (χ2v) is 2.26. The van der Waals surface area contributed by atoms with Crippen molar-refractivity contribution in [2.24, 2.45) is 0 Å². The number of aromatic nitrogens is 2. The number of carbonyl (C=O) groups is 1. The fourth-order valence-corrected chi connectivity index (χ4v) is 0.849. The van der Waals surface area contributed by atoms with Crippen LogP contribution in [0.2, 0.25) is 0 Å². The fraction of sp³-hybridized carbons (Fsp3) is 0.286. The fourth-order valence-electron chi connectivity index (χ4n) is 0.849. The molecule has 1 heterocycles. The highest BCUT2D eigenvalue weighted by Gasteiger charge is 2.33. The number of hydrogen-bond acceptors (Lipinski definition) is 3. The van der Waals surface area contributed by atoms with E-state index in [4.69, 9.17) is 0 Å². The van der Waals surface area contributed by atoms with Crippen LogP contribution in [0.5, 0.6) is 0 Å². The van der Waals surface area contributed by atoms with Gasteiger partial charge in [-0.3, -0.25) is 0 Å². The first-order chi connectivity index (χ1) is 6.05. The maximum atomic E-state index is 12.2. The average Bonchev–Trinajstić information content (AvgIpc) is 2.04. The maximum absolute atomic E-state index is 12.2. The van der Waals surface area contributed by atoms with Crippen molar-refractivity contribution in [2.75, 3.05) is 0 Å². The van der Waals surface area contributed by atoms with Crippen molar-refractivity contribution in [3.8, 4) is 0 Å². The molecule has 0 bridgehead atoms. The smallest absolute Gasteiger partial charge is 0.303 e. The van der Waals surface area contributed by atoms with Crippen LogP contribution in [0.3, 0.4) is 0 Å². The maximum Gasteiger partial charge on any atom is 0.418 e. The van der Waals surface area contributed by atoms with Crippen LogP contribution in [0.15, 0.2) is 12.3 Å². The van der Waals surface area contributed by atoms with Gasteiger partial charge < -0.3 is 4.79 Å². The lowest BCUT2D eigenvalue weighted by Gasteiger charge is -2.08. The molecule has 0 N–H and O–H groups in total. The van der Waals surface area contributed by atoms with E-state index in [1.165, 1.54) is 0 Å². The molecule has 0 radical (unpaired) electrons. The monoisotopic (exact) mass is 190 g/mol. The molecule has 0 aliphatic rings. The molecule has 0 atom stereocenters. The topological polar surface area (TPSA) is 42.9 Å². The largest absolute Gasteiger partial charge is 0.418 e. The molecular formula is C7H5F3N2O. The number of hydrogen-bond donors (Lipinski definition) is 0. The van der Waals surface area contributed by atoms with E-state index < -0.39 is 11.7 Å². The standard InChI is InChI=1S/C7H5F3N2O/c8-7(9,10)5-1-3-11-12-6(5)2-4-13/h1,3-4H,2H2. The highest BCUT2D eigenvalue weighted by Crippen LogP contribution is 2.30. The molecule has 1 aromatic rings. The van der Waals surface area contributed by atoms with Gasteiger partial charge in [0.1, 0.15) is 6.29 Å². The first-order valence-electron chi connectivity index (χ1n) is 3.37. The number of nitrogens with zero attached hydrogens (tertiary/aromatic N) is 2. The summed E-state index contributed by atoms with van der Waals surface area (Å²) in [7, 11) is 0. The van der Waals surface area contributed by atoms with Crippen LogP contribution >= 0.6 is 0 Å². The summed E-state index contributed by atoms with van der Waals surface area (Å²) in [4.78, 5) is 10.0. The molecule has 70 valence electrons. The molecule has 6 heteroatoms. The van der Waals surface area contributed by atoms with Gasteiger partial charge in [0.25, 0.3) is 0 Å². The summed E-state index contributed by atoms with van der Waals surface area (Å²) in [6.45, 7) is 0. The summed E-state index contributed by atoms with van der Waals surface area (Å²) in [5.41, 5.74) is -1.25. The number of alkyl halides is 3. The number of halogens is 3. The molecule has 0 saturated heterocycles. The zero-order valence-corrected chi connectivity index (χ0v) is 6.38. The Kier molecular flexibility index (Phi) is 2.60. The number of aldehydes is 1. The van der Waals surface area contributed by atoms with E-state index in [9.17, 15) is 18.0 Å². The molecule has 1 rings (SSSR count). The lowest BCUT2D eigenvalue weighted by Crippen LogP contribution is -2.11. The minimum absolute atomic E-state index is 0.343. The van der Waals surface area contributed by atoms with Crippen LogP contribution in [0, 0.1) is 0 Å². The van der Waals surface area contributed by atoms with Gasteiger partial charge in [0, 0.05) is 6.42 Å². The summed E-state index contributed by atoms with van der Waals surface area (Å²) in [5.74, 6) is 0. The summed E-state index contributed by atoms with van der Waals surface area (Å²) < 4.78 is 36.6. The molecule has 0 unspecified atom stereocenters. The van der Waals surface area contributed by atoms with E-state index in [0.29, 0.717) is 6.29 Å². The quantitative estimate of drug-likeness (QED) is 0.659. The second kappa shape index (κ2) is 3.51. The Morgan fingerprint density at radius 3 is 2.69 bits per heavy atom. The van der Waals surface area contributed by atoms with Crippen molar-refractivity contribution >= 4 is 6.29 Å². The van der Waals surface area contributed by atoms with Crippen molar-refractivity contribution in [2.45, 2.75) is 12.6 Å². The van der Waals surface area contributed by atoms with Crippen LogP contribution in [0.1, 0.15) is 11.3 Å². The SMILES string of the molecule is O=CCc1nnccc1C(F)(F)F. The lowest BCUT2D eigenvalue weighted by atomic mass is 10.1. The highest BCUT2D eigenvalue weighted by molar-refractivity contribution is 5.54. The first kappa shape index (κ1) is 9.63. The van der Waals surface area contributed by atoms with E-state index >= 15 is 0 Å². The third-order valence-corrected chi connectivity index (χ3v) is 1.38. The van der Waals surface area contributed by atoms with Crippen LogP contribution in [-0.2, 0) is 17.4 Å². The van der Waals surface area contributed by atoms with Crippen molar-refractivity contribution in [3.63, 3.8) is 0 Å². The Hall–Kier alpha value is -1.46. The van der Waals surface area contributed by atoms with Crippen LogP contribution in [-0.4, -0.2) is 16.5 Å². The zero-order valence-electron chi connectivity index (χ0n) is 6.38. The van der Waals surface area contributed by atoms with Gasteiger partial charge in [0.2, 0.25) is 0 Å². The van der Waals surface area contributed by atoms with E-state index in [1.54, 1.807) is 0 Å². The van der Waals surface area contributed by atoms with Crippen LogP contribution in [0.25, 0.3) is 0 Å². The predicted octanol–water partition coefficient (Wildman–Crippen LogP) is 1.24. The molecule has 0 amide bonds. The Balaban J connectivity index is 3.11. The lowest BCUT2D eigenvalue weighted by molar-refractivity contribution is -0.138. The average molecular weight is 190 g/mol. The van der Waals surface area contributed by atoms with Crippen LogP contribution in [0.4, 0.5) is 13.2 Å². The van der Waals surface area contributed by atoms with E-state index in [2.05, 4.69) is 10.2 Å². The summed E-state index contributed by atoms with van der Waals surface area (Å²) >= 11 is 0. The third-order valence-electron chi connectivity index (χ3n) is 1.38. The molecular weight excluding hydrogens is 185 g/mol. The molecule has 13 heavy (non-hydrogen) atoms. The second-order valence-electron chi connectivity index (χ2n) is 2.26. The Labute approximate surface area is 71.6 Å². The molecule has 3 nitrogen and oxygen atoms in total. The van der Waals surface area contributed by atoms with Crippen molar-refractivity contribution in [1.29, 1.82) is 0 Å². The summed E-state index contributed by atoms with van der Waals surface area (Å²) in [6.07, 6.45) is -3.55. The van der Waals surface area contributed by atoms with Gasteiger partial charge in [-0.2, -0.15) is 23.4 Å². The van der Waals surface area contributed by atoms with Crippen molar-refractivity contribution in [1.82, 2.24) is 10.2 Å². The minimum atomic E-state index is -4.48. The van der Waals surface area contributed by atoms with Crippen molar-refractivity contribution < 1.29 is 18.0 Å². The van der Waals surface area contributed by atoms with E-state index in [-0.39, 0.29) is 12.1 Å². The van der Waals surface area contributed by atoms with Gasteiger partial charge in [0.05, 0.1) is 17.5 Å². The summed E-state index contributed by atoms with van der Waals surface area (Å²) in [5, 5.41) is 6.50. The third kappa shape index (κ3) is 2.24. The van der Waals surface area contributed by atoms with Gasteiger partial charge in [-0.25, -0.2) is 0 Å². The van der Waals surface area contributed by atoms with Crippen LogP contribution < -0.4 is 0 Å². The molecule has 0 saturated carbocycles. The number of rotatable bonds is 2. The van der Waals surface area contributed by atoms with Gasteiger partial charge in [-0.1, -0.05) is 0 Å². The molecule has 0 fully saturated rings. The first-order valence-corrected chi connectivity index (χ1v) is 3.37. The Morgan fingerprint density at radius 1 is 1.46 bits per heavy atom. The molecule has 0 spiro atoms. The minimum Gasteiger partial charge on any atom is -0.303 e. The van der Waals surface area contributed by atoms with Gasteiger partial charge in [0.15, 0.2) is 0 Å². The van der Waals surface area contributed by atoms with E-state index in [1.807, 2.05) is 0 Å². The molecule has 0 aliphatic heterocycles. The highest BCUT2D eigenvalue weighted by atomic mass is 19.4. The zero-order chi connectivity index (χ0) is 9.90. The summed E-state index contributed by atoms with van der Waals surface area (Å²) in [6, 6.07) is 0.797. The van der Waals surface area contributed by atoms with Crippen molar-refractivity contribution in [3.05, 3.63) is 23.5 Å². The normalized spacial score (nSPS) is 11.3. The van der Waals surface area contributed by atoms with Gasteiger partial charge in [-0.15, -0.1) is 0 Å². The Morgan fingerprint density at radius 2 is 2.15 bits per heavy atom.